The SMILES string of the molecule is N#CC(Cl)(Cl)Cc1ccccc1[N+](=O)[O-]. The van der Waals surface area contributed by atoms with Crippen LogP contribution in [0.4, 0.5) is 5.69 Å². The number of nitro groups is 1. The molecular formula is C9H6Cl2N2O2. The lowest BCUT2D eigenvalue weighted by Gasteiger charge is -2.09. The number of nitriles is 1. The van der Waals surface area contributed by atoms with Crippen LogP contribution < -0.4 is 0 Å². The van der Waals surface area contributed by atoms with Gasteiger partial charge in [-0.3, -0.25) is 10.1 Å². The number of para-hydroxylation sites is 1. The van der Waals surface area contributed by atoms with Crippen molar-refractivity contribution in [1.29, 1.82) is 5.26 Å². The van der Waals surface area contributed by atoms with Crippen LogP contribution in [0.3, 0.4) is 0 Å². The molecule has 1 aromatic carbocycles. The van der Waals surface area contributed by atoms with Crippen molar-refractivity contribution >= 4 is 28.9 Å². The van der Waals surface area contributed by atoms with E-state index < -0.39 is 9.26 Å². The summed E-state index contributed by atoms with van der Waals surface area (Å²) in [4.78, 5) is 10.1. The number of hydrogen-bond acceptors (Lipinski definition) is 3. The lowest BCUT2D eigenvalue weighted by Crippen LogP contribution is -2.14. The number of benzene rings is 1. The third-order valence-electron chi connectivity index (χ3n) is 1.76. The van der Waals surface area contributed by atoms with Gasteiger partial charge in [0.15, 0.2) is 0 Å². The van der Waals surface area contributed by atoms with Gasteiger partial charge in [0.05, 0.1) is 4.92 Å². The van der Waals surface area contributed by atoms with Gasteiger partial charge in [0, 0.05) is 18.1 Å². The summed E-state index contributed by atoms with van der Waals surface area (Å²) in [6.45, 7) is 0. The molecule has 0 amide bonds. The van der Waals surface area contributed by atoms with Crippen LogP contribution in [0.15, 0.2) is 24.3 Å². The van der Waals surface area contributed by atoms with Crippen molar-refractivity contribution in [3.63, 3.8) is 0 Å². The van der Waals surface area contributed by atoms with Gasteiger partial charge in [-0.05, 0) is 0 Å². The average molecular weight is 245 g/mol. The third kappa shape index (κ3) is 3.08. The Balaban J connectivity index is 3.06. The largest absolute Gasteiger partial charge is 0.272 e. The number of halogens is 2. The van der Waals surface area contributed by atoms with Crippen molar-refractivity contribution in [1.82, 2.24) is 0 Å². The summed E-state index contributed by atoms with van der Waals surface area (Å²) in [7, 11) is 0. The minimum absolute atomic E-state index is 0.0796. The van der Waals surface area contributed by atoms with Crippen molar-refractivity contribution in [2.24, 2.45) is 0 Å². The zero-order chi connectivity index (χ0) is 11.5. The summed E-state index contributed by atoms with van der Waals surface area (Å²) >= 11 is 11.2. The number of nitro benzene ring substituents is 1. The van der Waals surface area contributed by atoms with Crippen LogP contribution in [0, 0.1) is 21.4 Å². The number of alkyl halides is 2. The number of rotatable bonds is 3. The van der Waals surface area contributed by atoms with Gasteiger partial charge in [-0.25, -0.2) is 0 Å². The van der Waals surface area contributed by atoms with E-state index in [2.05, 4.69) is 0 Å². The molecular weight excluding hydrogens is 239 g/mol. The molecule has 0 radical (unpaired) electrons. The molecule has 0 bridgehead atoms. The van der Waals surface area contributed by atoms with E-state index in [0.717, 1.165) is 0 Å². The molecule has 0 spiro atoms. The van der Waals surface area contributed by atoms with E-state index in [4.69, 9.17) is 28.5 Å². The summed E-state index contributed by atoms with van der Waals surface area (Å²) in [5, 5.41) is 19.2. The first-order chi connectivity index (χ1) is 6.96. The Kier molecular flexibility index (Phi) is 3.51. The van der Waals surface area contributed by atoms with Crippen molar-refractivity contribution in [3.05, 3.63) is 39.9 Å². The smallest absolute Gasteiger partial charge is 0.258 e. The Hall–Kier alpha value is -1.31. The molecule has 4 nitrogen and oxygen atoms in total. The molecule has 15 heavy (non-hydrogen) atoms. The normalized spacial score (nSPS) is 10.7. The van der Waals surface area contributed by atoms with Crippen LogP contribution in [-0.4, -0.2) is 9.26 Å². The Morgan fingerprint density at radius 2 is 2.07 bits per heavy atom. The quantitative estimate of drug-likeness (QED) is 0.467. The fraction of sp³-hybridized carbons (Fsp3) is 0.222. The lowest BCUT2D eigenvalue weighted by atomic mass is 10.1. The molecule has 0 fully saturated rings. The fourth-order valence-electron chi connectivity index (χ4n) is 1.12. The van der Waals surface area contributed by atoms with Gasteiger partial charge < -0.3 is 0 Å². The van der Waals surface area contributed by atoms with Gasteiger partial charge in [-0.1, -0.05) is 41.4 Å². The molecule has 0 aliphatic carbocycles. The van der Waals surface area contributed by atoms with Crippen molar-refractivity contribution < 1.29 is 4.92 Å². The first-order valence-electron chi connectivity index (χ1n) is 3.97. The average Bonchev–Trinajstić information content (AvgIpc) is 2.18. The van der Waals surface area contributed by atoms with Gasteiger partial charge in [0.2, 0.25) is 4.33 Å². The minimum atomic E-state index is -1.63. The summed E-state index contributed by atoms with van der Waals surface area (Å²) < 4.78 is -1.63. The molecule has 1 rings (SSSR count). The van der Waals surface area contributed by atoms with E-state index in [1.165, 1.54) is 18.2 Å². The highest BCUT2D eigenvalue weighted by Gasteiger charge is 2.27. The van der Waals surface area contributed by atoms with Crippen LogP contribution in [0.2, 0.25) is 0 Å². The maximum absolute atomic E-state index is 10.6. The van der Waals surface area contributed by atoms with Crippen LogP contribution in [0.25, 0.3) is 0 Å². The second-order valence-electron chi connectivity index (χ2n) is 2.88. The topological polar surface area (TPSA) is 66.9 Å². The minimum Gasteiger partial charge on any atom is -0.258 e. The van der Waals surface area contributed by atoms with Crippen LogP contribution in [0.5, 0.6) is 0 Å². The molecule has 0 saturated heterocycles. The maximum atomic E-state index is 10.6. The van der Waals surface area contributed by atoms with Gasteiger partial charge in [-0.15, -0.1) is 0 Å². The molecule has 0 atom stereocenters. The van der Waals surface area contributed by atoms with E-state index in [1.807, 2.05) is 0 Å². The highest BCUT2D eigenvalue weighted by molar-refractivity contribution is 6.50. The molecule has 0 aliphatic rings. The molecule has 0 unspecified atom stereocenters. The molecule has 0 aromatic heterocycles. The van der Waals surface area contributed by atoms with E-state index >= 15 is 0 Å². The number of hydrogen-bond donors (Lipinski definition) is 0. The van der Waals surface area contributed by atoms with Crippen molar-refractivity contribution in [2.45, 2.75) is 10.8 Å². The Bertz CT molecular complexity index is 426. The van der Waals surface area contributed by atoms with Gasteiger partial charge in [0.1, 0.15) is 6.07 Å². The van der Waals surface area contributed by atoms with Gasteiger partial charge in [-0.2, -0.15) is 5.26 Å². The van der Waals surface area contributed by atoms with Crippen molar-refractivity contribution in [3.8, 4) is 6.07 Å². The second kappa shape index (κ2) is 4.47. The Labute approximate surface area is 96.2 Å². The fourth-order valence-corrected chi connectivity index (χ4v) is 1.41. The monoisotopic (exact) mass is 244 g/mol. The summed E-state index contributed by atoms with van der Waals surface area (Å²) in [6, 6.07) is 7.70. The van der Waals surface area contributed by atoms with Crippen LogP contribution >= 0.6 is 23.2 Å². The van der Waals surface area contributed by atoms with Gasteiger partial charge in [0.25, 0.3) is 5.69 Å². The first kappa shape index (κ1) is 11.8. The van der Waals surface area contributed by atoms with Gasteiger partial charge >= 0.3 is 0 Å². The first-order valence-corrected chi connectivity index (χ1v) is 4.73. The molecule has 6 heteroatoms. The van der Waals surface area contributed by atoms with Crippen molar-refractivity contribution in [2.75, 3.05) is 0 Å². The molecule has 0 saturated carbocycles. The van der Waals surface area contributed by atoms with E-state index in [0.29, 0.717) is 5.56 Å². The summed E-state index contributed by atoms with van der Waals surface area (Å²) in [5.74, 6) is 0. The van der Waals surface area contributed by atoms with E-state index in [-0.39, 0.29) is 12.1 Å². The Morgan fingerprint density at radius 3 is 2.60 bits per heavy atom. The van der Waals surface area contributed by atoms with E-state index in [9.17, 15) is 10.1 Å². The predicted octanol–water partition coefficient (Wildman–Crippen LogP) is 2.83. The van der Waals surface area contributed by atoms with Crippen LogP contribution in [-0.2, 0) is 6.42 Å². The molecule has 0 heterocycles. The zero-order valence-electron chi connectivity index (χ0n) is 7.48. The highest BCUT2D eigenvalue weighted by atomic mass is 35.5. The molecule has 0 N–H and O–H groups in total. The lowest BCUT2D eigenvalue weighted by molar-refractivity contribution is -0.385. The number of nitrogens with zero attached hydrogens (tertiary/aromatic N) is 2. The van der Waals surface area contributed by atoms with Crippen LogP contribution in [0.1, 0.15) is 5.56 Å². The summed E-state index contributed by atoms with van der Waals surface area (Å²) in [6.07, 6.45) is -0.0796. The Morgan fingerprint density at radius 1 is 1.47 bits per heavy atom. The standard InChI is InChI=1S/C9H6Cl2N2O2/c10-9(11,6-12)5-7-3-1-2-4-8(7)13(14)15/h1-4H,5H2. The molecule has 1 aromatic rings. The third-order valence-corrected chi connectivity index (χ3v) is 2.20. The molecule has 0 aliphatic heterocycles. The predicted molar refractivity (Wildman–Crippen MR) is 56.9 cm³/mol. The maximum Gasteiger partial charge on any atom is 0.272 e. The zero-order valence-corrected chi connectivity index (χ0v) is 9.00. The van der Waals surface area contributed by atoms with E-state index in [1.54, 1.807) is 12.1 Å². The highest BCUT2D eigenvalue weighted by Crippen LogP contribution is 2.29. The molecule has 78 valence electrons. The summed E-state index contributed by atoms with van der Waals surface area (Å²) in [5.41, 5.74) is 0.257. The second-order valence-corrected chi connectivity index (χ2v) is 4.36.